The predicted molar refractivity (Wildman–Crippen MR) is 68.0 cm³/mol. The molecule has 2 aliphatic rings. The monoisotopic (exact) mass is 275 g/mol. The van der Waals surface area contributed by atoms with Crippen LogP contribution in [0.25, 0.3) is 10.9 Å². The Morgan fingerprint density at radius 3 is 2.75 bits per heavy atom. The van der Waals surface area contributed by atoms with E-state index in [-0.39, 0.29) is 28.3 Å². The summed E-state index contributed by atoms with van der Waals surface area (Å²) in [6.07, 6.45) is 2.78. The molecule has 20 heavy (non-hydrogen) atoms. The quantitative estimate of drug-likeness (QED) is 0.865. The van der Waals surface area contributed by atoms with Crippen molar-refractivity contribution in [1.29, 1.82) is 0 Å². The number of fused-ring (bicyclic) bond motifs is 6. The van der Waals surface area contributed by atoms with Crippen LogP contribution in [-0.4, -0.2) is 16.1 Å². The van der Waals surface area contributed by atoms with Crippen molar-refractivity contribution in [3.8, 4) is 0 Å². The summed E-state index contributed by atoms with van der Waals surface area (Å²) in [7, 11) is 0. The molecule has 2 aromatic rings. The molecule has 0 amide bonds. The lowest BCUT2D eigenvalue weighted by molar-refractivity contribution is 0.0697. The van der Waals surface area contributed by atoms with Gasteiger partial charge in [-0.05, 0) is 36.8 Å². The number of aromatic nitrogens is 1. The van der Waals surface area contributed by atoms with E-state index in [1.165, 1.54) is 0 Å². The molecular formula is C15H11F2NO2. The topological polar surface area (TPSA) is 50.2 Å². The molecule has 2 aliphatic carbocycles. The third kappa shape index (κ3) is 1.38. The molecule has 1 aromatic heterocycles. The van der Waals surface area contributed by atoms with Crippen molar-refractivity contribution in [3.05, 3.63) is 40.6 Å². The van der Waals surface area contributed by atoms with Gasteiger partial charge >= 0.3 is 5.97 Å². The highest BCUT2D eigenvalue weighted by Crippen LogP contribution is 2.54. The van der Waals surface area contributed by atoms with Crippen molar-refractivity contribution >= 4 is 16.9 Å². The summed E-state index contributed by atoms with van der Waals surface area (Å²) < 4.78 is 27.3. The number of aromatic carboxylic acids is 1. The molecule has 0 aliphatic heterocycles. The standard InChI is InChI=1S/C15H11F2NO2/c16-8-4-9-12(15(19)20)11-6-1-2-7(3-6)13(11)18-14(9)10(17)5-8/h4-7H,1-3H2,(H,19,20). The molecule has 1 saturated carbocycles. The average molecular weight is 275 g/mol. The molecule has 1 N–H and O–H groups in total. The molecule has 4 rings (SSSR count). The Bertz CT molecular complexity index is 772. The first-order valence-electron chi connectivity index (χ1n) is 6.62. The largest absolute Gasteiger partial charge is 0.478 e. The van der Waals surface area contributed by atoms with Gasteiger partial charge in [-0.2, -0.15) is 0 Å². The van der Waals surface area contributed by atoms with Gasteiger partial charge in [0.15, 0.2) is 5.82 Å². The van der Waals surface area contributed by atoms with Gasteiger partial charge in [0.1, 0.15) is 11.3 Å². The minimum Gasteiger partial charge on any atom is -0.478 e. The number of benzene rings is 1. The van der Waals surface area contributed by atoms with Gasteiger partial charge in [0.2, 0.25) is 0 Å². The normalized spacial score (nSPS) is 23.3. The molecule has 5 heteroatoms. The van der Waals surface area contributed by atoms with E-state index in [2.05, 4.69) is 4.98 Å². The van der Waals surface area contributed by atoms with E-state index >= 15 is 0 Å². The maximum Gasteiger partial charge on any atom is 0.336 e. The predicted octanol–water partition coefficient (Wildman–Crippen LogP) is 3.58. The SMILES string of the molecule is O=C(O)c1c2c(nc3c(F)cc(F)cc13)C1CCC2C1. The number of halogens is 2. The van der Waals surface area contributed by atoms with Gasteiger partial charge in [-0.15, -0.1) is 0 Å². The van der Waals surface area contributed by atoms with E-state index in [1.54, 1.807) is 0 Å². The van der Waals surface area contributed by atoms with Crippen LogP contribution in [0.3, 0.4) is 0 Å². The van der Waals surface area contributed by atoms with Crippen LogP contribution in [0, 0.1) is 11.6 Å². The highest BCUT2D eigenvalue weighted by atomic mass is 19.1. The molecule has 2 bridgehead atoms. The molecule has 102 valence electrons. The summed E-state index contributed by atoms with van der Waals surface area (Å²) in [6, 6.07) is 1.82. The smallest absolute Gasteiger partial charge is 0.336 e. The third-order valence-corrected chi connectivity index (χ3v) is 4.52. The van der Waals surface area contributed by atoms with Gasteiger partial charge in [-0.3, -0.25) is 0 Å². The van der Waals surface area contributed by atoms with Gasteiger partial charge in [-0.1, -0.05) is 0 Å². The average Bonchev–Trinajstić information content (AvgIpc) is 2.97. The summed E-state index contributed by atoms with van der Waals surface area (Å²) in [5.74, 6) is -2.31. The van der Waals surface area contributed by atoms with Gasteiger partial charge in [0, 0.05) is 23.1 Å². The van der Waals surface area contributed by atoms with Crippen LogP contribution in [0.1, 0.15) is 52.7 Å². The van der Waals surface area contributed by atoms with Crippen molar-refractivity contribution in [1.82, 2.24) is 4.98 Å². The second-order valence-electron chi connectivity index (χ2n) is 5.58. The van der Waals surface area contributed by atoms with Crippen LogP contribution in [-0.2, 0) is 0 Å². The highest BCUT2D eigenvalue weighted by Gasteiger charge is 2.42. The molecule has 2 unspecified atom stereocenters. The summed E-state index contributed by atoms with van der Waals surface area (Å²) in [6.45, 7) is 0. The number of rotatable bonds is 1. The van der Waals surface area contributed by atoms with Crippen LogP contribution in [0.2, 0.25) is 0 Å². The van der Waals surface area contributed by atoms with Crippen LogP contribution in [0.15, 0.2) is 12.1 Å². The van der Waals surface area contributed by atoms with Crippen LogP contribution in [0.4, 0.5) is 8.78 Å². The first-order chi connectivity index (χ1) is 9.56. The van der Waals surface area contributed by atoms with E-state index < -0.39 is 17.6 Å². The lowest BCUT2D eigenvalue weighted by Crippen LogP contribution is -2.11. The number of nitrogens with zero attached hydrogens (tertiary/aromatic N) is 1. The fourth-order valence-corrected chi connectivity index (χ4v) is 3.77. The van der Waals surface area contributed by atoms with Crippen LogP contribution in [0.5, 0.6) is 0 Å². The number of carboxylic acids is 1. The van der Waals surface area contributed by atoms with Gasteiger partial charge in [0.05, 0.1) is 5.56 Å². The molecule has 0 spiro atoms. The summed E-state index contributed by atoms with van der Waals surface area (Å²) in [5.41, 5.74) is 1.41. The molecule has 0 saturated heterocycles. The Balaban J connectivity index is 2.18. The maximum absolute atomic E-state index is 13.9. The molecule has 1 fully saturated rings. The Labute approximate surface area is 113 Å². The number of carboxylic acid groups (broad SMARTS) is 1. The number of carbonyl (C=O) groups is 1. The second kappa shape index (κ2) is 3.75. The van der Waals surface area contributed by atoms with E-state index in [1.807, 2.05) is 0 Å². The maximum atomic E-state index is 13.9. The first-order valence-corrected chi connectivity index (χ1v) is 6.62. The third-order valence-electron chi connectivity index (χ3n) is 4.52. The zero-order valence-corrected chi connectivity index (χ0v) is 10.5. The van der Waals surface area contributed by atoms with E-state index in [0.717, 1.165) is 31.4 Å². The van der Waals surface area contributed by atoms with Crippen LogP contribution >= 0.6 is 0 Å². The number of hydrogen-bond acceptors (Lipinski definition) is 2. The minimum atomic E-state index is -1.13. The van der Waals surface area contributed by atoms with E-state index in [0.29, 0.717) is 11.3 Å². The lowest BCUT2D eigenvalue weighted by atomic mass is 9.89. The fourth-order valence-electron chi connectivity index (χ4n) is 3.77. The minimum absolute atomic E-state index is 0.0323. The molecule has 3 nitrogen and oxygen atoms in total. The number of pyridine rings is 1. The van der Waals surface area contributed by atoms with E-state index in [9.17, 15) is 18.7 Å². The Hall–Kier alpha value is -2.04. The summed E-state index contributed by atoms with van der Waals surface area (Å²) in [4.78, 5) is 15.9. The molecular weight excluding hydrogens is 264 g/mol. The van der Waals surface area contributed by atoms with Gasteiger partial charge in [0.25, 0.3) is 0 Å². The fraction of sp³-hybridized carbons (Fsp3) is 0.333. The summed E-state index contributed by atoms with van der Waals surface area (Å²) in [5, 5.41) is 9.55. The van der Waals surface area contributed by atoms with Crippen molar-refractivity contribution in [2.45, 2.75) is 31.1 Å². The Morgan fingerprint density at radius 2 is 2.00 bits per heavy atom. The zero-order chi connectivity index (χ0) is 14.0. The number of hydrogen-bond donors (Lipinski definition) is 1. The highest BCUT2D eigenvalue weighted by molar-refractivity contribution is 6.04. The van der Waals surface area contributed by atoms with Crippen molar-refractivity contribution in [2.24, 2.45) is 0 Å². The van der Waals surface area contributed by atoms with Crippen molar-refractivity contribution < 1.29 is 18.7 Å². The van der Waals surface area contributed by atoms with E-state index in [4.69, 9.17) is 0 Å². The molecule has 0 radical (unpaired) electrons. The summed E-state index contributed by atoms with van der Waals surface area (Å²) >= 11 is 0. The van der Waals surface area contributed by atoms with Crippen molar-refractivity contribution in [2.75, 3.05) is 0 Å². The van der Waals surface area contributed by atoms with Crippen LogP contribution < -0.4 is 0 Å². The Morgan fingerprint density at radius 1 is 1.25 bits per heavy atom. The molecule has 2 atom stereocenters. The molecule has 1 aromatic carbocycles. The zero-order valence-electron chi connectivity index (χ0n) is 10.5. The molecule has 1 heterocycles. The van der Waals surface area contributed by atoms with Crippen molar-refractivity contribution in [3.63, 3.8) is 0 Å². The first kappa shape index (κ1) is 11.8. The van der Waals surface area contributed by atoms with Gasteiger partial charge in [-0.25, -0.2) is 18.6 Å². The Kier molecular flexibility index (Phi) is 2.20. The second-order valence-corrected chi connectivity index (χ2v) is 5.58. The lowest BCUT2D eigenvalue weighted by Gasteiger charge is -2.18. The van der Waals surface area contributed by atoms with Gasteiger partial charge < -0.3 is 5.11 Å².